The number of esters is 1. The van der Waals surface area contributed by atoms with Crippen LogP contribution in [0.5, 0.6) is 0 Å². The molecule has 0 aliphatic rings. The maximum absolute atomic E-state index is 12.7. The van der Waals surface area contributed by atoms with Crippen LogP contribution in [0.3, 0.4) is 0 Å². The number of nitrogens with zero attached hydrogens (tertiary/aromatic N) is 1. The van der Waals surface area contributed by atoms with Crippen molar-refractivity contribution in [2.45, 2.75) is 79.4 Å². The van der Waals surface area contributed by atoms with E-state index in [0.717, 1.165) is 12.8 Å². The lowest BCUT2D eigenvalue weighted by Crippen LogP contribution is -2.53. The molecular weight excluding hydrogens is 324 g/mol. The molecule has 1 unspecified atom stereocenters. The number of carbonyl (C=O) groups is 3. The van der Waals surface area contributed by atoms with Gasteiger partial charge in [-0.05, 0) is 32.6 Å². The van der Waals surface area contributed by atoms with Gasteiger partial charge in [0, 0.05) is 0 Å². The summed E-state index contributed by atoms with van der Waals surface area (Å²) in [5.74, 6) is -1.47. The monoisotopic (exact) mass is 358 g/mol. The summed E-state index contributed by atoms with van der Waals surface area (Å²) in [5.41, 5.74) is -1.21. The van der Waals surface area contributed by atoms with Gasteiger partial charge < -0.3 is 10.1 Å². The maximum atomic E-state index is 12.7. The predicted octanol–water partition coefficient (Wildman–Crippen LogP) is 2.51. The van der Waals surface area contributed by atoms with Gasteiger partial charge in [0.2, 0.25) is 12.3 Å². The van der Waals surface area contributed by atoms with E-state index in [0.29, 0.717) is 11.5 Å². The Bertz CT molecular complexity index is 451. The Balaban J connectivity index is 5.24. The topological polar surface area (TPSA) is 95.9 Å². The molecule has 0 fully saturated rings. The van der Waals surface area contributed by atoms with Gasteiger partial charge >= 0.3 is 5.97 Å². The molecule has 2 atom stereocenters. The number of unbranched alkanes of at least 4 members (excludes halogenated alkanes) is 1. The lowest BCUT2D eigenvalue weighted by molar-refractivity contribution is -0.163. The Morgan fingerprint density at radius 3 is 2.16 bits per heavy atom. The number of hydrogen-bond donors (Lipinski definition) is 2. The van der Waals surface area contributed by atoms with Crippen LogP contribution < -0.4 is 5.32 Å². The fraction of sp³-hybridized carbons (Fsp3) is 0.833. The van der Waals surface area contributed by atoms with Crippen molar-refractivity contribution in [1.29, 1.82) is 0 Å². The highest BCUT2D eigenvalue weighted by atomic mass is 16.6. The summed E-state index contributed by atoms with van der Waals surface area (Å²) in [7, 11) is 0. The highest BCUT2D eigenvalue weighted by molar-refractivity contribution is 5.86. The van der Waals surface area contributed by atoms with Crippen molar-refractivity contribution in [1.82, 2.24) is 10.4 Å². The highest BCUT2D eigenvalue weighted by Crippen LogP contribution is 2.23. The average Bonchev–Trinajstić information content (AvgIpc) is 2.45. The maximum Gasteiger partial charge on any atom is 0.329 e. The van der Waals surface area contributed by atoms with Gasteiger partial charge in [-0.1, -0.05) is 40.5 Å². The summed E-state index contributed by atoms with van der Waals surface area (Å²) in [6, 6.07) is -0.827. The molecule has 0 rings (SSSR count). The Labute approximate surface area is 151 Å². The van der Waals surface area contributed by atoms with Gasteiger partial charge in [-0.3, -0.25) is 14.8 Å². The minimum absolute atomic E-state index is 0.111. The van der Waals surface area contributed by atoms with E-state index in [4.69, 9.17) is 4.74 Å². The Morgan fingerprint density at radius 1 is 1.20 bits per heavy atom. The van der Waals surface area contributed by atoms with E-state index in [1.807, 2.05) is 27.7 Å². The summed E-state index contributed by atoms with van der Waals surface area (Å²) in [5, 5.41) is 12.6. The van der Waals surface area contributed by atoms with E-state index in [1.54, 1.807) is 20.8 Å². The number of nitrogens with one attached hydrogen (secondary N) is 1. The first kappa shape index (κ1) is 23.4. The zero-order chi connectivity index (χ0) is 19.8. The molecule has 7 nitrogen and oxygen atoms in total. The van der Waals surface area contributed by atoms with Crippen molar-refractivity contribution < 1.29 is 24.3 Å². The number of ether oxygens (including phenoxy) is 1. The average molecular weight is 358 g/mol. The van der Waals surface area contributed by atoms with Crippen LogP contribution >= 0.6 is 0 Å². The molecular formula is C18H34N2O5. The molecule has 0 bridgehead atoms. The van der Waals surface area contributed by atoms with E-state index >= 15 is 0 Å². The number of amides is 2. The third kappa shape index (κ3) is 9.43. The molecule has 0 aromatic carbocycles. The van der Waals surface area contributed by atoms with Gasteiger partial charge in [0.05, 0.1) is 12.5 Å². The second kappa shape index (κ2) is 9.75. The van der Waals surface area contributed by atoms with Crippen LogP contribution in [0.1, 0.15) is 67.7 Å². The van der Waals surface area contributed by atoms with Gasteiger partial charge in [-0.2, -0.15) is 0 Å². The van der Waals surface area contributed by atoms with E-state index in [1.165, 1.54) is 0 Å². The zero-order valence-corrected chi connectivity index (χ0v) is 16.6. The van der Waals surface area contributed by atoms with Crippen molar-refractivity contribution in [3.63, 3.8) is 0 Å². The number of hydroxylamine groups is 2. The number of hydrogen-bond acceptors (Lipinski definition) is 5. The van der Waals surface area contributed by atoms with Crippen LogP contribution in [0.4, 0.5) is 0 Å². The molecule has 0 aliphatic carbocycles. The Morgan fingerprint density at radius 2 is 1.76 bits per heavy atom. The van der Waals surface area contributed by atoms with Gasteiger partial charge in [0.1, 0.15) is 11.6 Å². The second-order valence-electron chi connectivity index (χ2n) is 8.41. The smallest absolute Gasteiger partial charge is 0.329 e. The molecule has 2 N–H and O–H groups in total. The summed E-state index contributed by atoms with van der Waals surface area (Å²) in [6.45, 7) is 12.7. The molecule has 0 aliphatic heterocycles. The summed E-state index contributed by atoms with van der Waals surface area (Å²) < 4.78 is 5.42. The predicted molar refractivity (Wildman–Crippen MR) is 94.8 cm³/mol. The van der Waals surface area contributed by atoms with Gasteiger partial charge in [-0.25, -0.2) is 9.86 Å². The number of rotatable bonds is 9. The summed E-state index contributed by atoms with van der Waals surface area (Å²) in [6.07, 6.45) is 2.43. The van der Waals surface area contributed by atoms with E-state index < -0.39 is 28.9 Å². The first-order valence-corrected chi connectivity index (χ1v) is 8.75. The minimum atomic E-state index is -0.827. The van der Waals surface area contributed by atoms with Crippen molar-refractivity contribution in [3.05, 3.63) is 0 Å². The van der Waals surface area contributed by atoms with Crippen molar-refractivity contribution in [2.75, 3.05) is 6.54 Å². The third-order valence-electron chi connectivity index (χ3n) is 3.60. The van der Waals surface area contributed by atoms with Crippen LogP contribution in [0, 0.1) is 11.3 Å². The van der Waals surface area contributed by atoms with E-state index in [9.17, 15) is 19.6 Å². The van der Waals surface area contributed by atoms with Crippen LogP contribution in [-0.4, -0.2) is 46.7 Å². The first-order valence-electron chi connectivity index (χ1n) is 8.75. The molecule has 0 aromatic rings. The lowest BCUT2D eigenvalue weighted by Gasteiger charge is -2.33. The van der Waals surface area contributed by atoms with Gasteiger partial charge in [0.15, 0.2) is 0 Å². The van der Waals surface area contributed by atoms with Crippen molar-refractivity contribution >= 4 is 18.3 Å². The summed E-state index contributed by atoms with van der Waals surface area (Å²) >= 11 is 0. The standard InChI is InChI=1S/C18H34N2O5/c1-8-9-10-13(11-20(24)12-21)15(22)19-14(17(2,3)4)16(23)25-18(5,6)7/h12-14,24H,8-11H2,1-7H3,(H,19,22)/t13?,14-/m1/s1. The van der Waals surface area contributed by atoms with Gasteiger partial charge in [-0.15, -0.1) is 0 Å². The SMILES string of the molecule is CCCCC(CN(O)C=O)C(=O)N[C@H](C(=O)OC(C)(C)C)C(C)(C)C. The van der Waals surface area contributed by atoms with Crippen molar-refractivity contribution in [2.24, 2.45) is 11.3 Å². The molecule has 0 spiro atoms. The first-order chi connectivity index (χ1) is 11.3. The van der Waals surface area contributed by atoms with Crippen molar-refractivity contribution in [3.8, 4) is 0 Å². The lowest BCUT2D eigenvalue weighted by atomic mass is 9.86. The summed E-state index contributed by atoms with van der Waals surface area (Å²) in [4.78, 5) is 35.8. The highest BCUT2D eigenvalue weighted by Gasteiger charge is 2.37. The molecule has 7 heteroatoms. The largest absolute Gasteiger partial charge is 0.458 e. The molecule has 0 radical (unpaired) electrons. The molecule has 0 aromatic heterocycles. The van der Waals surface area contributed by atoms with Crippen LogP contribution in [0.15, 0.2) is 0 Å². The zero-order valence-electron chi connectivity index (χ0n) is 16.6. The van der Waals surface area contributed by atoms with Gasteiger partial charge in [0.25, 0.3) is 0 Å². The normalized spacial score (nSPS) is 14.4. The molecule has 146 valence electrons. The second-order valence-corrected chi connectivity index (χ2v) is 8.41. The molecule has 2 amide bonds. The van der Waals surface area contributed by atoms with Crippen LogP contribution in [0.25, 0.3) is 0 Å². The number of carbonyl (C=O) groups excluding carboxylic acids is 3. The fourth-order valence-corrected chi connectivity index (χ4v) is 2.27. The van der Waals surface area contributed by atoms with E-state index in [-0.39, 0.29) is 18.9 Å². The molecule has 25 heavy (non-hydrogen) atoms. The quantitative estimate of drug-likeness (QED) is 0.286. The van der Waals surface area contributed by atoms with Crippen LogP contribution in [-0.2, 0) is 19.1 Å². The molecule has 0 saturated heterocycles. The Kier molecular flexibility index (Phi) is 9.11. The third-order valence-corrected chi connectivity index (χ3v) is 3.60. The van der Waals surface area contributed by atoms with Crippen LogP contribution in [0.2, 0.25) is 0 Å². The Hall–Kier alpha value is -1.63. The minimum Gasteiger partial charge on any atom is -0.458 e. The molecule has 0 heterocycles. The fourth-order valence-electron chi connectivity index (χ4n) is 2.27. The molecule has 0 saturated carbocycles. The van der Waals surface area contributed by atoms with E-state index in [2.05, 4.69) is 5.32 Å².